The van der Waals surface area contributed by atoms with Gasteiger partial charge in [0.15, 0.2) is 0 Å². The van der Waals surface area contributed by atoms with Crippen molar-refractivity contribution in [1.82, 2.24) is 0 Å². The van der Waals surface area contributed by atoms with Crippen molar-refractivity contribution < 1.29 is 9.53 Å². The smallest absolute Gasteiger partial charge is 0.306 e. The highest BCUT2D eigenvalue weighted by molar-refractivity contribution is 5.69. The molecule has 14 heavy (non-hydrogen) atoms. The zero-order valence-corrected chi connectivity index (χ0v) is 10.2. The fourth-order valence-corrected chi connectivity index (χ4v) is 1.61. The molecule has 84 valence electrons. The van der Waals surface area contributed by atoms with E-state index in [1.54, 1.807) is 0 Å². The van der Waals surface area contributed by atoms with Gasteiger partial charge in [-0.1, -0.05) is 34.1 Å². The first-order chi connectivity index (χ1) is 6.41. The lowest BCUT2D eigenvalue weighted by Gasteiger charge is -2.29. The number of carbonyl (C=O) groups excluding carboxylic acids is 1. The van der Waals surface area contributed by atoms with E-state index in [9.17, 15) is 4.79 Å². The second-order valence-electron chi connectivity index (χ2n) is 4.86. The summed E-state index contributed by atoms with van der Waals surface area (Å²) < 4.78 is 4.97. The van der Waals surface area contributed by atoms with Gasteiger partial charge in [0.25, 0.3) is 0 Å². The zero-order chi connectivity index (χ0) is 11.2. The summed E-state index contributed by atoms with van der Waals surface area (Å²) in [6.07, 6.45) is 2.79. The van der Waals surface area contributed by atoms with Crippen LogP contribution in [0.25, 0.3) is 0 Å². The highest BCUT2D eigenvalue weighted by Gasteiger charge is 2.26. The monoisotopic (exact) mass is 200 g/mol. The second-order valence-corrected chi connectivity index (χ2v) is 4.86. The minimum Gasteiger partial charge on any atom is -0.466 e. The molecule has 0 rings (SSSR count). The molecule has 0 heterocycles. The summed E-state index contributed by atoms with van der Waals surface area (Å²) in [5.41, 5.74) is 0.197. The summed E-state index contributed by atoms with van der Waals surface area (Å²) in [5, 5.41) is 0. The van der Waals surface area contributed by atoms with Gasteiger partial charge in [-0.25, -0.2) is 0 Å². The molecular weight excluding hydrogens is 176 g/mol. The van der Waals surface area contributed by atoms with Crippen molar-refractivity contribution in [2.45, 2.75) is 53.9 Å². The SMILES string of the molecule is CCCC(CC(=O)OCC)C(C)(C)C. The van der Waals surface area contributed by atoms with Gasteiger partial charge in [0, 0.05) is 6.42 Å². The molecule has 1 atom stereocenters. The highest BCUT2D eigenvalue weighted by Crippen LogP contribution is 2.32. The largest absolute Gasteiger partial charge is 0.466 e. The third-order valence-electron chi connectivity index (χ3n) is 2.58. The van der Waals surface area contributed by atoms with Crippen molar-refractivity contribution in [3.63, 3.8) is 0 Å². The zero-order valence-electron chi connectivity index (χ0n) is 10.2. The molecule has 1 unspecified atom stereocenters. The van der Waals surface area contributed by atoms with Gasteiger partial charge in [-0.15, -0.1) is 0 Å². The van der Waals surface area contributed by atoms with Gasteiger partial charge >= 0.3 is 5.97 Å². The van der Waals surface area contributed by atoms with E-state index in [-0.39, 0.29) is 11.4 Å². The molecule has 0 N–H and O–H groups in total. The van der Waals surface area contributed by atoms with Crippen LogP contribution in [-0.4, -0.2) is 12.6 Å². The number of hydrogen-bond donors (Lipinski definition) is 0. The summed E-state index contributed by atoms with van der Waals surface area (Å²) in [7, 11) is 0. The quantitative estimate of drug-likeness (QED) is 0.636. The Bertz CT molecular complexity index is 168. The van der Waals surface area contributed by atoms with E-state index in [1.807, 2.05) is 6.92 Å². The standard InChI is InChI=1S/C12H24O2/c1-6-8-10(12(3,4)5)9-11(13)14-7-2/h10H,6-9H2,1-5H3. The van der Waals surface area contributed by atoms with Crippen LogP contribution in [0.4, 0.5) is 0 Å². The lowest BCUT2D eigenvalue weighted by Crippen LogP contribution is -2.24. The van der Waals surface area contributed by atoms with E-state index >= 15 is 0 Å². The maximum atomic E-state index is 11.4. The molecule has 0 aliphatic carbocycles. The molecule has 0 fully saturated rings. The summed E-state index contributed by atoms with van der Waals surface area (Å²) in [5.74, 6) is 0.382. The van der Waals surface area contributed by atoms with E-state index in [2.05, 4.69) is 27.7 Å². The number of carbonyl (C=O) groups is 1. The average molecular weight is 200 g/mol. The summed E-state index contributed by atoms with van der Waals surface area (Å²) in [4.78, 5) is 11.4. The first-order valence-electron chi connectivity index (χ1n) is 5.57. The minimum atomic E-state index is -0.0547. The Hall–Kier alpha value is -0.530. The fraction of sp³-hybridized carbons (Fsp3) is 0.917. The molecule has 0 aliphatic rings. The molecule has 0 aromatic rings. The summed E-state index contributed by atoms with van der Waals surface area (Å²) in [6, 6.07) is 0. The number of ether oxygens (including phenoxy) is 1. The minimum absolute atomic E-state index is 0.0547. The van der Waals surface area contributed by atoms with Crippen molar-refractivity contribution in [2.24, 2.45) is 11.3 Å². The van der Waals surface area contributed by atoms with Gasteiger partial charge in [0.1, 0.15) is 0 Å². The fourth-order valence-electron chi connectivity index (χ4n) is 1.61. The van der Waals surface area contributed by atoms with Crippen molar-refractivity contribution in [3.8, 4) is 0 Å². The van der Waals surface area contributed by atoms with Crippen LogP contribution in [0.5, 0.6) is 0 Å². The van der Waals surface area contributed by atoms with E-state index < -0.39 is 0 Å². The van der Waals surface area contributed by atoms with Gasteiger partial charge in [-0.05, 0) is 24.7 Å². The predicted molar refractivity (Wildman–Crippen MR) is 59.1 cm³/mol. The van der Waals surface area contributed by atoms with Crippen LogP contribution in [0.1, 0.15) is 53.9 Å². The Balaban J connectivity index is 4.16. The van der Waals surface area contributed by atoms with E-state index in [0.29, 0.717) is 18.9 Å². The first kappa shape index (κ1) is 13.5. The van der Waals surface area contributed by atoms with Crippen molar-refractivity contribution >= 4 is 5.97 Å². The second kappa shape index (κ2) is 6.05. The van der Waals surface area contributed by atoms with E-state index in [4.69, 9.17) is 4.74 Å². The topological polar surface area (TPSA) is 26.3 Å². The van der Waals surface area contributed by atoms with Crippen molar-refractivity contribution in [3.05, 3.63) is 0 Å². The van der Waals surface area contributed by atoms with Crippen LogP contribution in [0.3, 0.4) is 0 Å². The number of esters is 1. The van der Waals surface area contributed by atoms with Crippen molar-refractivity contribution in [1.29, 1.82) is 0 Å². The van der Waals surface area contributed by atoms with Crippen molar-refractivity contribution in [2.75, 3.05) is 6.61 Å². The Morgan fingerprint density at radius 1 is 1.29 bits per heavy atom. The maximum Gasteiger partial charge on any atom is 0.306 e. The first-order valence-corrected chi connectivity index (χ1v) is 5.57. The normalized spacial score (nSPS) is 13.8. The van der Waals surface area contributed by atoms with Gasteiger partial charge < -0.3 is 4.74 Å². The molecule has 0 bridgehead atoms. The molecule has 2 heteroatoms. The molecule has 0 radical (unpaired) electrons. The van der Waals surface area contributed by atoms with Gasteiger partial charge in [-0.3, -0.25) is 4.79 Å². The van der Waals surface area contributed by atoms with Gasteiger partial charge in [0.05, 0.1) is 6.61 Å². The number of rotatable bonds is 5. The Kier molecular flexibility index (Phi) is 5.82. The molecular formula is C12H24O2. The maximum absolute atomic E-state index is 11.4. The Morgan fingerprint density at radius 3 is 2.21 bits per heavy atom. The molecule has 0 aromatic heterocycles. The van der Waals surface area contributed by atoms with Crippen LogP contribution in [-0.2, 0) is 9.53 Å². The Labute approximate surface area is 88.0 Å². The highest BCUT2D eigenvalue weighted by atomic mass is 16.5. The lowest BCUT2D eigenvalue weighted by atomic mass is 9.76. The number of hydrogen-bond acceptors (Lipinski definition) is 2. The summed E-state index contributed by atoms with van der Waals surface area (Å²) >= 11 is 0. The average Bonchev–Trinajstić information content (AvgIpc) is 2.02. The van der Waals surface area contributed by atoms with Crippen LogP contribution >= 0.6 is 0 Å². The third-order valence-corrected chi connectivity index (χ3v) is 2.58. The molecule has 0 aromatic carbocycles. The van der Waals surface area contributed by atoms with E-state index in [0.717, 1.165) is 12.8 Å². The van der Waals surface area contributed by atoms with Gasteiger partial charge in [0.2, 0.25) is 0 Å². The van der Waals surface area contributed by atoms with Crippen LogP contribution in [0.15, 0.2) is 0 Å². The summed E-state index contributed by atoms with van der Waals surface area (Å²) in [6.45, 7) is 11.1. The Morgan fingerprint density at radius 2 is 1.86 bits per heavy atom. The van der Waals surface area contributed by atoms with E-state index in [1.165, 1.54) is 0 Å². The molecule has 0 saturated carbocycles. The predicted octanol–water partition coefficient (Wildman–Crippen LogP) is 3.40. The molecule has 0 spiro atoms. The van der Waals surface area contributed by atoms with Gasteiger partial charge in [-0.2, -0.15) is 0 Å². The molecule has 2 nitrogen and oxygen atoms in total. The lowest BCUT2D eigenvalue weighted by molar-refractivity contribution is -0.145. The molecule has 0 aliphatic heterocycles. The van der Waals surface area contributed by atoms with Crippen LogP contribution < -0.4 is 0 Å². The molecule has 0 amide bonds. The van der Waals surface area contributed by atoms with Crippen LogP contribution in [0, 0.1) is 11.3 Å². The third kappa shape index (κ3) is 5.25. The molecule has 0 saturated heterocycles. The van der Waals surface area contributed by atoms with Crippen LogP contribution in [0.2, 0.25) is 0 Å².